The van der Waals surface area contributed by atoms with Gasteiger partial charge in [-0.3, -0.25) is 0 Å². The Bertz CT molecular complexity index is 1270. The Morgan fingerprint density at radius 2 is 1.37 bits per heavy atom. The molecule has 4 aromatic carbocycles. The van der Waals surface area contributed by atoms with E-state index in [0.717, 1.165) is 22.8 Å². The summed E-state index contributed by atoms with van der Waals surface area (Å²) in [6.45, 7) is 6.22. The van der Waals surface area contributed by atoms with Crippen molar-refractivity contribution in [1.82, 2.24) is 0 Å². The smallest absolute Gasteiger partial charge is 0.134 e. The summed E-state index contributed by atoms with van der Waals surface area (Å²) < 4.78 is 35.6. The maximum Gasteiger partial charge on any atom is 0.134 e. The summed E-state index contributed by atoms with van der Waals surface area (Å²) in [6, 6.07) is 22.0. The number of rotatable bonds is 11. The lowest BCUT2D eigenvalue weighted by Crippen LogP contribution is -1.94. The van der Waals surface area contributed by atoms with Crippen molar-refractivity contribution in [3.05, 3.63) is 103 Å². The lowest BCUT2D eigenvalue weighted by Gasteiger charge is -2.11. The number of ether oxygens (including phenoxy) is 1. The highest BCUT2D eigenvalue weighted by atomic mass is 19.1. The van der Waals surface area contributed by atoms with Crippen LogP contribution in [-0.4, -0.2) is 6.61 Å². The zero-order chi connectivity index (χ0) is 24.6. The molecule has 0 radical (unpaired) electrons. The van der Waals surface area contributed by atoms with E-state index in [9.17, 15) is 0 Å². The van der Waals surface area contributed by atoms with Crippen LogP contribution in [0.5, 0.6) is 5.75 Å². The Morgan fingerprint density at radius 1 is 0.714 bits per heavy atom. The van der Waals surface area contributed by atoms with Gasteiger partial charge >= 0.3 is 0 Å². The van der Waals surface area contributed by atoms with Gasteiger partial charge in [0.15, 0.2) is 0 Å². The average Bonchev–Trinajstić information content (AvgIpc) is 2.87. The number of aryl methyl sites for hydroxylation is 1. The quantitative estimate of drug-likeness (QED) is 0.157. The molecule has 35 heavy (non-hydrogen) atoms. The second kappa shape index (κ2) is 11.8. The fourth-order valence-electron chi connectivity index (χ4n) is 4.45. The van der Waals surface area contributed by atoms with E-state index in [-0.39, 0.29) is 5.56 Å². The van der Waals surface area contributed by atoms with Crippen molar-refractivity contribution in [3.8, 4) is 28.0 Å². The van der Waals surface area contributed by atoms with E-state index in [1.165, 1.54) is 49.8 Å². The van der Waals surface area contributed by atoms with Crippen molar-refractivity contribution in [2.45, 2.75) is 45.4 Å². The average molecular weight is 471 g/mol. The van der Waals surface area contributed by atoms with E-state index in [1.54, 1.807) is 30.3 Å². The van der Waals surface area contributed by atoms with Crippen LogP contribution in [0.2, 0.25) is 0 Å². The van der Waals surface area contributed by atoms with E-state index in [1.807, 2.05) is 18.2 Å². The first kappa shape index (κ1) is 24.7. The van der Waals surface area contributed by atoms with Crippen molar-refractivity contribution in [1.29, 1.82) is 0 Å². The minimum Gasteiger partial charge on any atom is -0.490 e. The van der Waals surface area contributed by atoms with Crippen molar-refractivity contribution in [2.75, 3.05) is 6.61 Å². The van der Waals surface area contributed by atoms with Crippen LogP contribution in [0.1, 0.15) is 44.6 Å². The number of fused-ring (bicyclic) bond motifs is 1. The third-order valence-electron chi connectivity index (χ3n) is 6.36. The highest BCUT2D eigenvalue weighted by Gasteiger charge is 2.15. The molecule has 3 heteroatoms. The molecule has 0 bridgehead atoms. The van der Waals surface area contributed by atoms with E-state index in [4.69, 9.17) is 4.74 Å². The number of benzene rings is 4. The van der Waals surface area contributed by atoms with Crippen molar-refractivity contribution < 1.29 is 13.5 Å². The Hall–Kier alpha value is -3.46. The molecule has 0 aliphatic carbocycles. The van der Waals surface area contributed by atoms with Gasteiger partial charge in [-0.2, -0.15) is 0 Å². The number of unbranched alkanes of at least 4 members (excludes halogenated alkanes) is 4. The number of hydrogen-bond acceptors (Lipinski definition) is 1. The summed E-state index contributed by atoms with van der Waals surface area (Å²) in [6.07, 6.45) is 9.07. The first-order valence-corrected chi connectivity index (χ1v) is 12.5. The first-order valence-electron chi connectivity index (χ1n) is 12.5. The molecule has 0 N–H and O–H groups in total. The molecule has 4 aromatic rings. The molecule has 0 heterocycles. The van der Waals surface area contributed by atoms with Crippen LogP contribution in [0.4, 0.5) is 8.78 Å². The maximum atomic E-state index is 15.1. The Labute approximate surface area is 207 Å². The van der Waals surface area contributed by atoms with Gasteiger partial charge in [-0.05, 0) is 76.2 Å². The van der Waals surface area contributed by atoms with E-state index in [0.29, 0.717) is 23.5 Å². The van der Waals surface area contributed by atoms with Gasteiger partial charge in [0, 0.05) is 0 Å². The summed E-state index contributed by atoms with van der Waals surface area (Å²) in [4.78, 5) is 0. The summed E-state index contributed by atoms with van der Waals surface area (Å²) in [5.41, 5.74) is 3.09. The fourth-order valence-corrected chi connectivity index (χ4v) is 4.45. The predicted octanol–water partition coefficient (Wildman–Crippen LogP) is 9.53. The molecular formula is C32H32F2O. The summed E-state index contributed by atoms with van der Waals surface area (Å²) in [5.74, 6) is -0.543. The van der Waals surface area contributed by atoms with Crippen LogP contribution < -0.4 is 4.74 Å². The lowest BCUT2D eigenvalue weighted by molar-refractivity contribution is 0.363. The standard InChI is InChI=1S/C32H32F2O/c1-3-5-6-7-8-9-23-10-11-26-20-27(13-12-25(26)19-23)28-21-30(33)32(31(34)22-28)24-14-16-29(17-15-24)35-18-4-2/h4,10-17,19-22H,2-3,5-9,18H2,1H3. The molecule has 0 aromatic heterocycles. The minimum atomic E-state index is -0.585. The molecule has 180 valence electrons. The second-order valence-corrected chi connectivity index (χ2v) is 9.00. The zero-order valence-corrected chi connectivity index (χ0v) is 20.3. The van der Waals surface area contributed by atoms with Gasteiger partial charge in [0.2, 0.25) is 0 Å². The van der Waals surface area contributed by atoms with Gasteiger partial charge < -0.3 is 4.74 Å². The van der Waals surface area contributed by atoms with Gasteiger partial charge in [-0.1, -0.05) is 87.7 Å². The molecule has 0 saturated heterocycles. The van der Waals surface area contributed by atoms with Gasteiger partial charge in [-0.25, -0.2) is 8.78 Å². The van der Waals surface area contributed by atoms with Crippen LogP contribution in [0.15, 0.2) is 85.5 Å². The van der Waals surface area contributed by atoms with Gasteiger partial charge in [0.1, 0.15) is 24.0 Å². The van der Waals surface area contributed by atoms with Crippen molar-refractivity contribution >= 4 is 10.8 Å². The highest BCUT2D eigenvalue weighted by Crippen LogP contribution is 2.33. The minimum absolute atomic E-state index is 0.0339. The highest BCUT2D eigenvalue weighted by molar-refractivity contribution is 5.88. The normalized spacial score (nSPS) is 11.1. The van der Waals surface area contributed by atoms with Crippen molar-refractivity contribution in [3.63, 3.8) is 0 Å². The van der Waals surface area contributed by atoms with Crippen molar-refractivity contribution in [2.24, 2.45) is 0 Å². The van der Waals surface area contributed by atoms with E-state index in [2.05, 4.69) is 31.7 Å². The molecule has 0 unspecified atom stereocenters. The zero-order valence-electron chi connectivity index (χ0n) is 20.3. The van der Waals surface area contributed by atoms with Crippen LogP contribution in [0, 0.1) is 11.6 Å². The molecule has 0 aliphatic heterocycles. The van der Waals surface area contributed by atoms with Crippen LogP contribution in [0.3, 0.4) is 0 Å². The van der Waals surface area contributed by atoms with E-state index >= 15 is 8.78 Å². The molecule has 1 nitrogen and oxygen atoms in total. The summed E-state index contributed by atoms with van der Waals surface area (Å²) in [5, 5.41) is 2.22. The maximum absolute atomic E-state index is 15.1. The van der Waals surface area contributed by atoms with E-state index < -0.39 is 11.6 Å². The molecular weight excluding hydrogens is 438 g/mol. The lowest BCUT2D eigenvalue weighted by atomic mass is 9.96. The summed E-state index contributed by atoms with van der Waals surface area (Å²) >= 11 is 0. The number of halogens is 2. The monoisotopic (exact) mass is 470 g/mol. The molecule has 0 spiro atoms. The van der Waals surface area contributed by atoms with Gasteiger partial charge in [0.05, 0.1) is 5.56 Å². The van der Waals surface area contributed by atoms with Gasteiger partial charge in [-0.15, -0.1) is 0 Å². The molecule has 0 amide bonds. The molecule has 0 aliphatic rings. The predicted molar refractivity (Wildman–Crippen MR) is 143 cm³/mol. The molecule has 0 saturated carbocycles. The fraction of sp³-hybridized carbons (Fsp3) is 0.250. The molecule has 0 atom stereocenters. The first-order chi connectivity index (χ1) is 17.1. The van der Waals surface area contributed by atoms with Crippen LogP contribution >= 0.6 is 0 Å². The Morgan fingerprint density at radius 3 is 2.09 bits per heavy atom. The van der Waals surface area contributed by atoms with Gasteiger partial charge in [0.25, 0.3) is 0 Å². The number of hydrogen-bond donors (Lipinski definition) is 0. The second-order valence-electron chi connectivity index (χ2n) is 9.00. The Kier molecular flexibility index (Phi) is 8.31. The topological polar surface area (TPSA) is 9.23 Å². The molecule has 4 rings (SSSR count). The SMILES string of the molecule is C=CCOc1ccc(-c2c(F)cc(-c3ccc4cc(CCCCCCC)ccc4c3)cc2F)cc1. The third kappa shape index (κ3) is 6.16. The summed E-state index contributed by atoms with van der Waals surface area (Å²) in [7, 11) is 0. The van der Waals surface area contributed by atoms with Crippen LogP contribution in [-0.2, 0) is 6.42 Å². The third-order valence-corrected chi connectivity index (χ3v) is 6.36. The van der Waals surface area contributed by atoms with Crippen LogP contribution in [0.25, 0.3) is 33.0 Å². The largest absolute Gasteiger partial charge is 0.490 e. The Balaban J connectivity index is 1.53. The molecule has 0 fully saturated rings.